The topological polar surface area (TPSA) is 0 Å². The van der Waals surface area contributed by atoms with Crippen LogP contribution in [0.2, 0.25) is 18.1 Å². The van der Waals surface area contributed by atoms with Crippen LogP contribution in [0.1, 0.15) is 61.3 Å². The Bertz CT molecular complexity index is 707. The first-order valence-electron chi connectivity index (χ1n) is 9.99. The summed E-state index contributed by atoms with van der Waals surface area (Å²) in [5.41, 5.74) is 5.12. The molecular formula is C24H30Si. The zero-order valence-electron chi connectivity index (χ0n) is 15.7. The molecule has 2 aromatic carbocycles. The molecule has 0 N–H and O–H groups in total. The minimum absolute atomic E-state index is 0.373. The molecule has 0 bridgehead atoms. The maximum Gasteiger partial charge on any atom is 0.0368 e. The molecule has 1 heterocycles. The largest absolute Gasteiger partial charge is 0.0657 e. The Balaban J connectivity index is 1.60. The van der Waals surface area contributed by atoms with E-state index in [-0.39, 0.29) is 8.80 Å². The number of rotatable bonds is 4. The summed E-state index contributed by atoms with van der Waals surface area (Å²) in [5.74, 6) is 7.39. The van der Waals surface area contributed by atoms with Gasteiger partial charge in [-0.3, -0.25) is 0 Å². The SMILES string of the molecule is CCC[Si@H]1CC[C@H](c2ccc(C#Cc3ccc(CC)cc3)cc2)CC1. The van der Waals surface area contributed by atoms with Crippen LogP contribution in [0.15, 0.2) is 48.5 Å². The van der Waals surface area contributed by atoms with E-state index in [1.807, 2.05) is 0 Å². The molecule has 0 amide bonds. The van der Waals surface area contributed by atoms with Gasteiger partial charge < -0.3 is 0 Å². The normalized spacial score (nSPS) is 19.9. The third-order valence-corrected chi connectivity index (χ3v) is 9.33. The van der Waals surface area contributed by atoms with Crippen LogP contribution in [-0.4, -0.2) is 8.80 Å². The van der Waals surface area contributed by atoms with E-state index in [2.05, 4.69) is 74.2 Å². The highest BCUT2D eigenvalue weighted by molar-refractivity contribution is 6.59. The van der Waals surface area contributed by atoms with Gasteiger partial charge in [-0.1, -0.05) is 74.5 Å². The highest BCUT2D eigenvalue weighted by Gasteiger charge is 2.22. The van der Waals surface area contributed by atoms with Gasteiger partial charge in [-0.25, -0.2) is 0 Å². The first kappa shape index (κ1) is 18.0. The quantitative estimate of drug-likeness (QED) is 0.459. The molecule has 0 unspecified atom stereocenters. The summed E-state index contributed by atoms with van der Waals surface area (Å²) in [6.45, 7) is 4.53. The Morgan fingerprint density at radius 2 is 1.40 bits per heavy atom. The van der Waals surface area contributed by atoms with Crippen molar-refractivity contribution >= 4 is 8.80 Å². The predicted octanol–water partition coefficient (Wildman–Crippen LogP) is 6.16. The van der Waals surface area contributed by atoms with Crippen LogP contribution in [0.5, 0.6) is 0 Å². The van der Waals surface area contributed by atoms with Crippen molar-refractivity contribution in [3.8, 4) is 11.8 Å². The molecular weight excluding hydrogens is 316 g/mol. The van der Waals surface area contributed by atoms with Gasteiger partial charge >= 0.3 is 0 Å². The van der Waals surface area contributed by atoms with Gasteiger partial charge in [0.25, 0.3) is 0 Å². The van der Waals surface area contributed by atoms with E-state index in [4.69, 9.17) is 0 Å². The molecule has 1 fully saturated rings. The molecule has 0 aromatic heterocycles. The first-order chi connectivity index (χ1) is 12.3. The summed E-state index contributed by atoms with van der Waals surface area (Å²) in [5, 5.41) is 0. The second-order valence-electron chi connectivity index (χ2n) is 7.43. The van der Waals surface area contributed by atoms with E-state index in [1.54, 1.807) is 18.1 Å². The van der Waals surface area contributed by atoms with Crippen LogP contribution in [0.3, 0.4) is 0 Å². The molecule has 130 valence electrons. The smallest absolute Gasteiger partial charge is 0.0368 e. The summed E-state index contributed by atoms with van der Waals surface area (Å²) in [7, 11) is -0.373. The minimum Gasteiger partial charge on any atom is -0.0657 e. The molecule has 2 aromatic rings. The molecule has 3 rings (SSSR count). The van der Waals surface area contributed by atoms with Gasteiger partial charge in [0.2, 0.25) is 0 Å². The van der Waals surface area contributed by atoms with E-state index >= 15 is 0 Å². The summed E-state index contributed by atoms with van der Waals surface area (Å²) in [4.78, 5) is 0. The van der Waals surface area contributed by atoms with Crippen molar-refractivity contribution in [2.75, 3.05) is 0 Å². The number of hydrogen-bond donors (Lipinski definition) is 0. The molecule has 1 heteroatoms. The lowest BCUT2D eigenvalue weighted by atomic mass is 9.93. The van der Waals surface area contributed by atoms with Crippen molar-refractivity contribution in [1.29, 1.82) is 0 Å². The second kappa shape index (κ2) is 9.06. The molecule has 0 spiro atoms. The Labute approximate surface area is 155 Å². The third-order valence-electron chi connectivity index (χ3n) is 5.64. The fraction of sp³-hybridized carbons (Fsp3) is 0.417. The lowest BCUT2D eigenvalue weighted by Crippen LogP contribution is -2.19. The van der Waals surface area contributed by atoms with Crippen LogP contribution in [0.25, 0.3) is 0 Å². The van der Waals surface area contributed by atoms with Crippen molar-refractivity contribution in [2.45, 2.75) is 63.6 Å². The van der Waals surface area contributed by atoms with Crippen molar-refractivity contribution in [1.82, 2.24) is 0 Å². The molecule has 0 saturated carbocycles. The Morgan fingerprint density at radius 1 is 0.840 bits per heavy atom. The molecule has 25 heavy (non-hydrogen) atoms. The van der Waals surface area contributed by atoms with Crippen LogP contribution in [0.4, 0.5) is 0 Å². The summed E-state index contributed by atoms with van der Waals surface area (Å²) < 4.78 is 0. The van der Waals surface area contributed by atoms with Crippen LogP contribution in [0, 0.1) is 11.8 Å². The Kier molecular flexibility index (Phi) is 6.53. The van der Waals surface area contributed by atoms with Gasteiger partial charge in [0.05, 0.1) is 0 Å². The highest BCUT2D eigenvalue weighted by atomic mass is 28.3. The third kappa shape index (κ3) is 5.09. The Hall–Kier alpha value is -1.78. The number of hydrogen-bond acceptors (Lipinski definition) is 0. The van der Waals surface area contributed by atoms with Crippen LogP contribution < -0.4 is 0 Å². The zero-order chi connectivity index (χ0) is 17.5. The van der Waals surface area contributed by atoms with Crippen molar-refractivity contribution < 1.29 is 0 Å². The molecule has 1 aliphatic rings. The molecule has 0 atom stereocenters. The number of benzene rings is 2. The van der Waals surface area contributed by atoms with E-state index < -0.39 is 0 Å². The minimum atomic E-state index is -0.373. The van der Waals surface area contributed by atoms with Gasteiger partial charge in [0, 0.05) is 19.9 Å². The fourth-order valence-electron chi connectivity index (χ4n) is 4.00. The molecule has 0 radical (unpaired) electrons. The molecule has 1 aliphatic heterocycles. The average molecular weight is 347 g/mol. The highest BCUT2D eigenvalue weighted by Crippen LogP contribution is 2.34. The summed E-state index contributed by atoms with van der Waals surface area (Å²) in [6.07, 6.45) is 5.32. The monoisotopic (exact) mass is 346 g/mol. The van der Waals surface area contributed by atoms with E-state index in [9.17, 15) is 0 Å². The van der Waals surface area contributed by atoms with Gasteiger partial charge in [0.15, 0.2) is 0 Å². The summed E-state index contributed by atoms with van der Waals surface area (Å²) in [6, 6.07) is 22.3. The van der Waals surface area contributed by atoms with E-state index in [1.165, 1.54) is 30.4 Å². The van der Waals surface area contributed by atoms with Crippen LogP contribution in [-0.2, 0) is 6.42 Å². The van der Waals surface area contributed by atoms with E-state index in [0.29, 0.717) is 0 Å². The van der Waals surface area contributed by atoms with E-state index in [0.717, 1.165) is 23.5 Å². The zero-order valence-corrected chi connectivity index (χ0v) is 16.9. The first-order valence-corrected chi connectivity index (χ1v) is 12.4. The maximum absolute atomic E-state index is 3.31. The summed E-state index contributed by atoms with van der Waals surface area (Å²) >= 11 is 0. The standard InChI is InChI=1S/C24H30Si/c1-3-17-25-18-15-24(16-19-25)23-13-11-22(12-14-23)10-9-21-7-5-20(4-2)6-8-21/h5-8,11-14,24-25H,3-4,15-19H2,1-2H3/t24-,25-. The predicted molar refractivity (Wildman–Crippen MR) is 112 cm³/mol. The molecule has 1 saturated heterocycles. The average Bonchev–Trinajstić information content (AvgIpc) is 2.68. The Morgan fingerprint density at radius 3 is 1.92 bits per heavy atom. The van der Waals surface area contributed by atoms with Gasteiger partial charge in [-0.2, -0.15) is 0 Å². The van der Waals surface area contributed by atoms with Gasteiger partial charge in [0.1, 0.15) is 0 Å². The van der Waals surface area contributed by atoms with Crippen molar-refractivity contribution in [2.24, 2.45) is 0 Å². The molecule has 0 aliphatic carbocycles. The maximum atomic E-state index is 3.31. The van der Waals surface area contributed by atoms with Crippen molar-refractivity contribution in [3.05, 3.63) is 70.8 Å². The van der Waals surface area contributed by atoms with Crippen molar-refractivity contribution in [3.63, 3.8) is 0 Å². The molecule has 0 nitrogen and oxygen atoms in total. The lowest BCUT2D eigenvalue weighted by Gasteiger charge is -2.27. The second-order valence-corrected chi connectivity index (χ2v) is 10.9. The van der Waals surface area contributed by atoms with Crippen LogP contribution >= 0.6 is 0 Å². The number of aryl methyl sites for hydroxylation is 1. The van der Waals surface area contributed by atoms with Gasteiger partial charge in [-0.15, -0.1) is 0 Å². The fourth-order valence-corrected chi connectivity index (χ4v) is 7.43. The lowest BCUT2D eigenvalue weighted by molar-refractivity contribution is 0.606. The van der Waals surface area contributed by atoms with Gasteiger partial charge in [-0.05, 0) is 60.6 Å².